The number of hydrogen-bond donors (Lipinski definition) is 1. The largest absolute Gasteiger partial charge is 0.380 e. The predicted octanol–water partition coefficient (Wildman–Crippen LogP) is -0.766. The quantitative estimate of drug-likeness (QED) is 0.696. The lowest BCUT2D eigenvalue weighted by Crippen LogP contribution is -2.43. The first-order chi connectivity index (χ1) is 7.59. The molecule has 1 fully saturated rings. The third-order valence-corrected chi connectivity index (χ3v) is 4.57. The highest BCUT2D eigenvalue weighted by Crippen LogP contribution is 2.10. The fourth-order valence-electron chi connectivity index (χ4n) is 1.58. The Morgan fingerprint density at radius 2 is 2.12 bits per heavy atom. The van der Waals surface area contributed by atoms with Crippen LogP contribution in [0.25, 0.3) is 0 Å². The molecule has 0 aromatic heterocycles. The maximum Gasteiger partial charge on any atom is 0.281 e. The van der Waals surface area contributed by atoms with E-state index in [0.717, 1.165) is 6.42 Å². The van der Waals surface area contributed by atoms with Crippen molar-refractivity contribution in [1.29, 1.82) is 0 Å². The highest BCUT2D eigenvalue weighted by molar-refractivity contribution is 7.86. The first kappa shape index (κ1) is 13.9. The van der Waals surface area contributed by atoms with Gasteiger partial charge in [-0.05, 0) is 19.4 Å². The highest BCUT2D eigenvalue weighted by Gasteiger charge is 2.26. The molecular weight excluding hydrogens is 230 g/mol. The first-order valence-electron chi connectivity index (χ1n) is 5.58. The lowest BCUT2D eigenvalue weighted by atomic mass is 10.4. The van der Waals surface area contributed by atoms with Gasteiger partial charge in [-0.3, -0.25) is 0 Å². The SMILES string of the molecule is CN(CCCN)S(=O)(=O)N1CCCOCC1. The van der Waals surface area contributed by atoms with Gasteiger partial charge in [0.2, 0.25) is 0 Å². The Hall–Kier alpha value is -0.210. The second-order valence-corrected chi connectivity index (χ2v) is 5.87. The van der Waals surface area contributed by atoms with Gasteiger partial charge >= 0.3 is 0 Å². The Bertz CT molecular complexity index is 286. The monoisotopic (exact) mass is 251 g/mol. The van der Waals surface area contributed by atoms with Crippen molar-refractivity contribution in [1.82, 2.24) is 8.61 Å². The molecule has 6 nitrogen and oxygen atoms in total. The van der Waals surface area contributed by atoms with Gasteiger partial charge in [-0.25, -0.2) is 0 Å². The van der Waals surface area contributed by atoms with Gasteiger partial charge in [-0.15, -0.1) is 0 Å². The fraction of sp³-hybridized carbons (Fsp3) is 1.00. The normalized spacial score (nSPS) is 19.9. The van der Waals surface area contributed by atoms with Crippen LogP contribution >= 0.6 is 0 Å². The van der Waals surface area contributed by atoms with Gasteiger partial charge in [0.25, 0.3) is 10.2 Å². The molecule has 1 aliphatic rings. The van der Waals surface area contributed by atoms with Crippen molar-refractivity contribution in [2.75, 3.05) is 46.4 Å². The number of rotatable bonds is 5. The number of nitrogens with zero attached hydrogens (tertiary/aromatic N) is 2. The average Bonchev–Trinajstić information content (AvgIpc) is 2.54. The molecular formula is C9H21N3O3S. The van der Waals surface area contributed by atoms with Crippen molar-refractivity contribution in [3.05, 3.63) is 0 Å². The van der Waals surface area contributed by atoms with E-state index in [4.69, 9.17) is 10.5 Å². The summed E-state index contributed by atoms with van der Waals surface area (Å²) in [5.74, 6) is 0. The standard InChI is InChI=1S/C9H21N3O3S/c1-11(5-2-4-10)16(13,14)12-6-3-8-15-9-7-12/h2-10H2,1H3. The summed E-state index contributed by atoms with van der Waals surface area (Å²) in [6, 6.07) is 0. The van der Waals surface area contributed by atoms with E-state index in [1.807, 2.05) is 0 Å². The summed E-state index contributed by atoms with van der Waals surface area (Å²) in [5, 5.41) is 0. The van der Waals surface area contributed by atoms with Crippen molar-refractivity contribution in [3.8, 4) is 0 Å². The molecule has 16 heavy (non-hydrogen) atoms. The molecule has 0 bridgehead atoms. The lowest BCUT2D eigenvalue weighted by molar-refractivity contribution is 0.147. The van der Waals surface area contributed by atoms with E-state index in [1.54, 1.807) is 7.05 Å². The highest BCUT2D eigenvalue weighted by atomic mass is 32.2. The summed E-state index contributed by atoms with van der Waals surface area (Å²) < 4.78 is 32.3. The van der Waals surface area contributed by atoms with Crippen LogP contribution in [0.2, 0.25) is 0 Å². The zero-order chi connectivity index (χ0) is 12.0. The van der Waals surface area contributed by atoms with Crippen LogP contribution in [-0.4, -0.2) is 63.5 Å². The molecule has 0 unspecified atom stereocenters. The van der Waals surface area contributed by atoms with E-state index in [-0.39, 0.29) is 0 Å². The van der Waals surface area contributed by atoms with Crippen LogP contribution in [0.15, 0.2) is 0 Å². The van der Waals surface area contributed by atoms with Crippen LogP contribution in [0.5, 0.6) is 0 Å². The summed E-state index contributed by atoms with van der Waals surface area (Å²) >= 11 is 0. The molecule has 0 spiro atoms. The molecule has 2 N–H and O–H groups in total. The molecule has 0 aliphatic carbocycles. The van der Waals surface area contributed by atoms with E-state index >= 15 is 0 Å². The minimum absolute atomic E-state index is 0.440. The second-order valence-electron chi connectivity index (χ2n) is 3.84. The Morgan fingerprint density at radius 3 is 2.81 bits per heavy atom. The number of nitrogens with two attached hydrogens (primary N) is 1. The molecule has 0 aromatic rings. The molecule has 7 heteroatoms. The molecule has 1 heterocycles. The van der Waals surface area contributed by atoms with Gasteiger partial charge in [0.1, 0.15) is 0 Å². The third-order valence-electron chi connectivity index (χ3n) is 2.58. The molecule has 0 atom stereocenters. The minimum atomic E-state index is -3.33. The maximum atomic E-state index is 12.1. The molecule has 96 valence electrons. The Labute approximate surface area is 97.5 Å². The summed E-state index contributed by atoms with van der Waals surface area (Å²) in [6.45, 7) is 3.06. The zero-order valence-electron chi connectivity index (χ0n) is 9.76. The van der Waals surface area contributed by atoms with Crippen molar-refractivity contribution >= 4 is 10.2 Å². The smallest absolute Gasteiger partial charge is 0.281 e. The lowest BCUT2D eigenvalue weighted by Gasteiger charge is -2.25. The van der Waals surface area contributed by atoms with Crippen LogP contribution in [0.3, 0.4) is 0 Å². The molecule has 0 amide bonds. The summed E-state index contributed by atoms with van der Waals surface area (Å²) in [5.41, 5.74) is 5.37. The molecule has 0 saturated carbocycles. The predicted molar refractivity (Wildman–Crippen MR) is 62.2 cm³/mol. The maximum absolute atomic E-state index is 12.1. The van der Waals surface area contributed by atoms with Gasteiger partial charge in [0, 0.05) is 33.3 Å². The van der Waals surface area contributed by atoms with Crippen molar-refractivity contribution in [2.45, 2.75) is 12.8 Å². The van der Waals surface area contributed by atoms with E-state index < -0.39 is 10.2 Å². The van der Waals surface area contributed by atoms with Crippen LogP contribution < -0.4 is 5.73 Å². The Morgan fingerprint density at radius 1 is 1.38 bits per heavy atom. The molecule has 0 aromatic carbocycles. The Kier molecular flexibility index (Phi) is 5.63. The van der Waals surface area contributed by atoms with Gasteiger partial charge in [-0.1, -0.05) is 0 Å². The van der Waals surface area contributed by atoms with Gasteiger partial charge in [0.15, 0.2) is 0 Å². The molecule has 0 radical (unpaired) electrons. The van der Waals surface area contributed by atoms with Gasteiger partial charge in [0.05, 0.1) is 6.61 Å². The van der Waals surface area contributed by atoms with Crippen molar-refractivity contribution in [3.63, 3.8) is 0 Å². The molecule has 1 rings (SSSR count). The number of hydrogen-bond acceptors (Lipinski definition) is 4. The minimum Gasteiger partial charge on any atom is -0.380 e. The fourth-order valence-corrected chi connectivity index (χ4v) is 3.00. The van der Waals surface area contributed by atoms with E-state index in [1.165, 1.54) is 8.61 Å². The topological polar surface area (TPSA) is 75.9 Å². The number of ether oxygens (including phenoxy) is 1. The van der Waals surface area contributed by atoms with Gasteiger partial charge in [-0.2, -0.15) is 17.0 Å². The van der Waals surface area contributed by atoms with E-state index in [0.29, 0.717) is 45.8 Å². The van der Waals surface area contributed by atoms with Gasteiger partial charge < -0.3 is 10.5 Å². The summed E-state index contributed by atoms with van der Waals surface area (Å²) in [7, 11) is -1.73. The third kappa shape index (κ3) is 3.67. The summed E-state index contributed by atoms with van der Waals surface area (Å²) in [4.78, 5) is 0. The van der Waals surface area contributed by atoms with Crippen molar-refractivity contribution in [2.24, 2.45) is 5.73 Å². The van der Waals surface area contributed by atoms with Crippen molar-refractivity contribution < 1.29 is 13.2 Å². The van der Waals surface area contributed by atoms with Crippen LogP contribution in [-0.2, 0) is 14.9 Å². The van der Waals surface area contributed by atoms with E-state index in [9.17, 15) is 8.42 Å². The second kappa shape index (κ2) is 6.51. The Balaban J connectivity index is 2.59. The van der Waals surface area contributed by atoms with Crippen LogP contribution in [0.1, 0.15) is 12.8 Å². The van der Waals surface area contributed by atoms with Crippen LogP contribution in [0.4, 0.5) is 0 Å². The first-order valence-corrected chi connectivity index (χ1v) is 6.98. The molecule has 1 saturated heterocycles. The average molecular weight is 251 g/mol. The van der Waals surface area contributed by atoms with Crippen LogP contribution in [0, 0.1) is 0 Å². The summed E-state index contributed by atoms with van der Waals surface area (Å²) in [6.07, 6.45) is 1.43. The zero-order valence-corrected chi connectivity index (χ0v) is 10.6. The molecule has 1 aliphatic heterocycles. The van der Waals surface area contributed by atoms with E-state index in [2.05, 4.69) is 0 Å².